The summed E-state index contributed by atoms with van der Waals surface area (Å²) < 4.78 is 58.4. The Bertz CT molecular complexity index is 803. The molecule has 0 aliphatic carbocycles. The van der Waals surface area contributed by atoms with Gasteiger partial charge in [-0.05, 0) is 43.0 Å². The number of amides is 2. The first-order chi connectivity index (χ1) is 14.0. The maximum Gasteiger partial charge on any atom is 0.416 e. The fraction of sp³-hybridized carbons (Fsp3) is 0.526. The average Bonchev–Trinajstić information content (AvgIpc) is 3.02. The maximum absolute atomic E-state index is 13.7. The number of thioether (sulfide) groups is 1. The molecule has 1 aromatic rings. The number of esters is 1. The molecule has 0 radical (unpaired) electrons. The predicted octanol–water partition coefficient (Wildman–Crippen LogP) is 3.27. The monoisotopic (exact) mass is 450 g/mol. The third kappa shape index (κ3) is 6.10. The van der Waals surface area contributed by atoms with Crippen LogP contribution in [0.2, 0.25) is 0 Å². The van der Waals surface area contributed by atoms with Gasteiger partial charge in [0.05, 0.1) is 18.4 Å². The van der Waals surface area contributed by atoms with Crippen LogP contribution in [0.4, 0.5) is 17.6 Å². The number of hydrogen-bond acceptors (Lipinski definition) is 5. The summed E-state index contributed by atoms with van der Waals surface area (Å²) in [7, 11) is 1.19. The van der Waals surface area contributed by atoms with Crippen molar-refractivity contribution in [3.8, 4) is 0 Å². The minimum absolute atomic E-state index is 0.00481. The normalized spacial score (nSPS) is 17.7. The van der Waals surface area contributed by atoms with E-state index < -0.39 is 40.8 Å². The number of unbranched alkanes of at least 4 members (excludes halogenated alkanes) is 1. The number of hydrogen-bond donors (Lipinski definition) is 1. The smallest absolute Gasteiger partial charge is 0.416 e. The Hall–Kier alpha value is -2.30. The molecule has 0 spiro atoms. The molecule has 1 heterocycles. The third-order valence-electron chi connectivity index (χ3n) is 4.56. The molecule has 166 valence electrons. The number of methoxy groups -OCH3 is 1. The molecular weight excluding hydrogens is 428 g/mol. The van der Waals surface area contributed by atoms with Gasteiger partial charge in [0.15, 0.2) is 0 Å². The zero-order valence-corrected chi connectivity index (χ0v) is 17.2. The Kier molecular flexibility index (Phi) is 8.10. The molecule has 0 bridgehead atoms. The van der Waals surface area contributed by atoms with Crippen molar-refractivity contribution < 1.29 is 36.7 Å². The minimum atomic E-state index is -4.67. The highest BCUT2D eigenvalue weighted by Gasteiger charge is 2.40. The van der Waals surface area contributed by atoms with E-state index in [-0.39, 0.29) is 30.2 Å². The average molecular weight is 450 g/mol. The second kappa shape index (κ2) is 10.1. The lowest BCUT2D eigenvalue weighted by molar-refractivity contribution is -0.145. The Morgan fingerprint density at radius 3 is 2.63 bits per heavy atom. The molecule has 11 heteroatoms. The predicted molar refractivity (Wildman–Crippen MR) is 102 cm³/mol. The molecule has 1 fully saturated rings. The second-order valence-electron chi connectivity index (χ2n) is 6.75. The van der Waals surface area contributed by atoms with Gasteiger partial charge < -0.3 is 15.0 Å². The van der Waals surface area contributed by atoms with Gasteiger partial charge in [0.2, 0.25) is 11.8 Å². The van der Waals surface area contributed by atoms with E-state index >= 15 is 0 Å². The highest BCUT2D eigenvalue weighted by molar-refractivity contribution is 8.00. The molecule has 30 heavy (non-hydrogen) atoms. The van der Waals surface area contributed by atoms with Crippen molar-refractivity contribution in [2.45, 2.75) is 43.8 Å². The molecular formula is C19H22F4N2O4S. The number of carbonyl (C=O) groups excluding carboxylic acids is 3. The first-order valence-electron chi connectivity index (χ1n) is 9.17. The van der Waals surface area contributed by atoms with Gasteiger partial charge in [0.25, 0.3) is 0 Å². The molecule has 6 nitrogen and oxygen atoms in total. The fourth-order valence-corrected chi connectivity index (χ4v) is 4.46. The summed E-state index contributed by atoms with van der Waals surface area (Å²) >= 11 is 1.01. The molecule has 2 rings (SSSR count). The third-order valence-corrected chi connectivity index (χ3v) is 5.80. The quantitative estimate of drug-likeness (QED) is 0.374. The molecule has 2 atom stereocenters. The number of alkyl halides is 3. The van der Waals surface area contributed by atoms with Gasteiger partial charge in [0, 0.05) is 13.5 Å². The van der Waals surface area contributed by atoms with Gasteiger partial charge in [0.1, 0.15) is 17.2 Å². The largest absolute Gasteiger partial charge is 0.467 e. The van der Waals surface area contributed by atoms with Crippen LogP contribution < -0.4 is 5.32 Å². The van der Waals surface area contributed by atoms with E-state index in [1.54, 1.807) is 0 Å². The molecule has 1 aliphatic heterocycles. The standard InChI is InChI=1S/C19H22F4N2O4S/c1-11(26)24-15(18(28)29-2)5-3-4-8-25-16(27)10-30-17(25)13-9-12(20)6-7-14(13)19(21,22)23/h6-7,9,15,17H,3-5,8,10H2,1-2H3,(H,24,26). The number of halogens is 4. The summed E-state index contributed by atoms with van der Waals surface area (Å²) in [5.41, 5.74) is -1.26. The van der Waals surface area contributed by atoms with Crippen LogP contribution in [0.15, 0.2) is 18.2 Å². The van der Waals surface area contributed by atoms with Gasteiger partial charge in [-0.2, -0.15) is 13.2 Å². The van der Waals surface area contributed by atoms with Crippen LogP contribution in [-0.2, 0) is 25.3 Å². The maximum atomic E-state index is 13.7. The lowest BCUT2D eigenvalue weighted by Gasteiger charge is -2.27. The fourth-order valence-electron chi connectivity index (χ4n) is 3.22. The van der Waals surface area contributed by atoms with Crippen molar-refractivity contribution in [1.29, 1.82) is 0 Å². The molecule has 2 unspecified atom stereocenters. The zero-order valence-electron chi connectivity index (χ0n) is 16.4. The topological polar surface area (TPSA) is 75.7 Å². The van der Waals surface area contributed by atoms with Crippen LogP contribution in [0, 0.1) is 5.82 Å². The van der Waals surface area contributed by atoms with Crippen molar-refractivity contribution in [1.82, 2.24) is 10.2 Å². The number of carbonyl (C=O) groups is 3. The van der Waals surface area contributed by atoms with E-state index in [9.17, 15) is 31.9 Å². The number of nitrogens with one attached hydrogen (secondary N) is 1. The van der Waals surface area contributed by atoms with Gasteiger partial charge >= 0.3 is 12.1 Å². The summed E-state index contributed by atoms with van der Waals surface area (Å²) in [5, 5.41) is 1.52. The Labute approximate surface area is 175 Å². The van der Waals surface area contributed by atoms with Crippen LogP contribution >= 0.6 is 11.8 Å². The molecule has 2 amide bonds. The highest BCUT2D eigenvalue weighted by Crippen LogP contribution is 2.44. The number of rotatable bonds is 8. The summed E-state index contributed by atoms with van der Waals surface area (Å²) in [6.07, 6.45) is -3.63. The lowest BCUT2D eigenvalue weighted by atomic mass is 10.1. The Morgan fingerprint density at radius 2 is 2.03 bits per heavy atom. The van der Waals surface area contributed by atoms with Gasteiger partial charge in [-0.1, -0.05) is 0 Å². The van der Waals surface area contributed by atoms with Crippen LogP contribution in [0.3, 0.4) is 0 Å². The second-order valence-corrected chi connectivity index (χ2v) is 7.82. The summed E-state index contributed by atoms with van der Waals surface area (Å²) in [6, 6.07) is 1.40. The molecule has 0 saturated carbocycles. The van der Waals surface area contributed by atoms with Crippen molar-refractivity contribution in [2.24, 2.45) is 0 Å². The van der Waals surface area contributed by atoms with E-state index in [4.69, 9.17) is 0 Å². The van der Waals surface area contributed by atoms with E-state index in [0.717, 1.165) is 23.9 Å². The van der Waals surface area contributed by atoms with Gasteiger partial charge in [-0.3, -0.25) is 9.59 Å². The van der Waals surface area contributed by atoms with Crippen LogP contribution in [-0.4, -0.2) is 48.1 Å². The van der Waals surface area contributed by atoms with E-state index in [2.05, 4.69) is 10.1 Å². The summed E-state index contributed by atoms with van der Waals surface area (Å²) in [6.45, 7) is 1.40. The first-order valence-corrected chi connectivity index (χ1v) is 10.2. The van der Waals surface area contributed by atoms with Crippen molar-refractivity contribution in [2.75, 3.05) is 19.4 Å². The van der Waals surface area contributed by atoms with E-state index in [0.29, 0.717) is 18.9 Å². The van der Waals surface area contributed by atoms with Crippen LogP contribution in [0.5, 0.6) is 0 Å². The number of ether oxygens (including phenoxy) is 1. The molecule has 1 aliphatic rings. The summed E-state index contributed by atoms with van der Waals surface area (Å²) in [4.78, 5) is 36.4. The molecule has 1 N–H and O–H groups in total. The van der Waals surface area contributed by atoms with Crippen LogP contribution in [0.25, 0.3) is 0 Å². The van der Waals surface area contributed by atoms with E-state index in [1.807, 2.05) is 0 Å². The number of nitrogens with zero attached hydrogens (tertiary/aromatic N) is 1. The molecule has 1 saturated heterocycles. The SMILES string of the molecule is COC(=O)C(CCCCN1C(=O)CSC1c1cc(F)ccc1C(F)(F)F)NC(C)=O. The minimum Gasteiger partial charge on any atom is -0.467 e. The number of benzene rings is 1. The molecule has 0 aromatic heterocycles. The summed E-state index contributed by atoms with van der Waals surface area (Å²) in [5.74, 6) is -2.16. The van der Waals surface area contributed by atoms with Gasteiger partial charge in [-0.15, -0.1) is 11.8 Å². The van der Waals surface area contributed by atoms with E-state index in [1.165, 1.54) is 18.9 Å². The lowest BCUT2D eigenvalue weighted by Crippen LogP contribution is -2.40. The first kappa shape index (κ1) is 24.0. The van der Waals surface area contributed by atoms with Crippen molar-refractivity contribution in [3.63, 3.8) is 0 Å². The van der Waals surface area contributed by atoms with Crippen LogP contribution in [0.1, 0.15) is 42.7 Å². The highest BCUT2D eigenvalue weighted by atomic mass is 32.2. The molecule has 1 aromatic carbocycles. The van der Waals surface area contributed by atoms with Gasteiger partial charge in [-0.25, -0.2) is 9.18 Å². The zero-order chi connectivity index (χ0) is 22.5. The Balaban J connectivity index is 2.07. The Morgan fingerprint density at radius 1 is 1.33 bits per heavy atom. The van der Waals surface area contributed by atoms with Crippen molar-refractivity contribution in [3.05, 3.63) is 35.1 Å². The van der Waals surface area contributed by atoms with Crippen molar-refractivity contribution >= 4 is 29.5 Å².